The summed E-state index contributed by atoms with van der Waals surface area (Å²) in [5.41, 5.74) is 7.68. The molecule has 1 rings (SSSR count). The Labute approximate surface area is 84.8 Å². The molecule has 1 unspecified atom stereocenters. The minimum Gasteiger partial charge on any atom is -0.312 e. The number of nitrogens with two attached hydrogens (primary N) is 1. The van der Waals surface area contributed by atoms with Crippen LogP contribution in [0.25, 0.3) is 0 Å². The van der Waals surface area contributed by atoms with Gasteiger partial charge < -0.3 is 5.73 Å². The maximum atomic E-state index is 8.54. The first kappa shape index (κ1) is 12.0. The van der Waals surface area contributed by atoms with Gasteiger partial charge in [0.25, 0.3) is 0 Å². The highest BCUT2D eigenvalue weighted by Gasteiger charge is 2.01. The fraction of sp³-hybridized carbons (Fsp3) is 0.300. The molecule has 0 spiro atoms. The number of benzene rings is 1. The Bertz CT molecular complexity index is 287. The van der Waals surface area contributed by atoms with E-state index in [2.05, 4.69) is 6.92 Å². The summed E-state index contributed by atoms with van der Waals surface area (Å²) < 4.78 is 0. The van der Waals surface area contributed by atoms with E-state index in [4.69, 9.17) is 11.0 Å². The van der Waals surface area contributed by atoms with Crippen LogP contribution < -0.4 is 5.73 Å². The highest BCUT2D eigenvalue weighted by molar-refractivity contribution is 5.85. The highest BCUT2D eigenvalue weighted by Crippen LogP contribution is 2.10. The predicted octanol–water partition coefficient (Wildman–Crippen LogP) is 2.19. The molecule has 0 amide bonds. The zero-order chi connectivity index (χ0) is 8.97. The molecule has 0 saturated carbocycles. The fourth-order valence-electron chi connectivity index (χ4n) is 1.04. The van der Waals surface area contributed by atoms with Crippen molar-refractivity contribution in [3.63, 3.8) is 0 Å². The summed E-state index contributed by atoms with van der Waals surface area (Å²) in [7, 11) is 0. The minimum absolute atomic E-state index is 0. The van der Waals surface area contributed by atoms with E-state index < -0.39 is 6.04 Å². The number of nitrogens with zero attached hydrogens (tertiary/aromatic N) is 1. The molecular formula is C10H13ClN2. The number of aryl methyl sites for hydroxylation is 1. The maximum absolute atomic E-state index is 8.54. The Kier molecular flexibility index (Phi) is 5.13. The smallest absolute Gasteiger partial charge is 0.118 e. The van der Waals surface area contributed by atoms with Crippen molar-refractivity contribution in [3.8, 4) is 6.07 Å². The molecule has 0 fully saturated rings. The van der Waals surface area contributed by atoms with Gasteiger partial charge in [-0.3, -0.25) is 0 Å². The van der Waals surface area contributed by atoms with Crippen molar-refractivity contribution in [2.24, 2.45) is 5.73 Å². The molecule has 1 aromatic carbocycles. The van der Waals surface area contributed by atoms with Gasteiger partial charge in [-0.05, 0) is 17.5 Å². The average Bonchev–Trinajstić information content (AvgIpc) is 2.17. The molecule has 1 aromatic rings. The number of hydrogen-bond donors (Lipinski definition) is 1. The molecule has 3 heteroatoms. The quantitative estimate of drug-likeness (QED) is 0.789. The summed E-state index contributed by atoms with van der Waals surface area (Å²) in [6.07, 6.45) is 1.02. The largest absolute Gasteiger partial charge is 0.312 e. The molecule has 2 N–H and O–H groups in total. The van der Waals surface area contributed by atoms with E-state index in [1.165, 1.54) is 5.56 Å². The van der Waals surface area contributed by atoms with Crippen LogP contribution in [-0.4, -0.2) is 0 Å². The van der Waals surface area contributed by atoms with Crippen LogP contribution in [0, 0.1) is 11.3 Å². The summed E-state index contributed by atoms with van der Waals surface area (Å²) in [4.78, 5) is 0. The zero-order valence-corrected chi connectivity index (χ0v) is 8.34. The molecule has 0 radical (unpaired) electrons. The van der Waals surface area contributed by atoms with Crippen LogP contribution >= 0.6 is 12.4 Å². The molecule has 0 aliphatic carbocycles. The molecule has 0 heterocycles. The Balaban J connectivity index is 0.00000144. The van der Waals surface area contributed by atoms with Gasteiger partial charge in [0.1, 0.15) is 6.04 Å². The Morgan fingerprint density at radius 3 is 2.31 bits per heavy atom. The topological polar surface area (TPSA) is 49.8 Å². The summed E-state index contributed by atoms with van der Waals surface area (Å²) in [6, 6.07) is 9.34. The van der Waals surface area contributed by atoms with Crippen LogP contribution in [-0.2, 0) is 6.42 Å². The van der Waals surface area contributed by atoms with Crippen molar-refractivity contribution < 1.29 is 0 Å². The lowest BCUT2D eigenvalue weighted by Crippen LogP contribution is -2.06. The predicted molar refractivity (Wildman–Crippen MR) is 55.6 cm³/mol. The van der Waals surface area contributed by atoms with E-state index in [1.807, 2.05) is 30.3 Å². The lowest BCUT2D eigenvalue weighted by molar-refractivity contribution is 0.923. The van der Waals surface area contributed by atoms with Crippen LogP contribution in [0.2, 0.25) is 0 Å². The average molecular weight is 197 g/mol. The van der Waals surface area contributed by atoms with E-state index in [9.17, 15) is 0 Å². The number of hydrogen-bond acceptors (Lipinski definition) is 2. The summed E-state index contributed by atoms with van der Waals surface area (Å²) in [6.45, 7) is 2.10. The fourth-order valence-corrected chi connectivity index (χ4v) is 1.04. The first-order chi connectivity index (χ1) is 5.77. The van der Waals surface area contributed by atoms with Crippen molar-refractivity contribution >= 4 is 12.4 Å². The molecule has 0 aromatic heterocycles. The molecule has 2 nitrogen and oxygen atoms in total. The monoisotopic (exact) mass is 196 g/mol. The Morgan fingerprint density at radius 1 is 1.38 bits per heavy atom. The normalized spacial score (nSPS) is 11.2. The van der Waals surface area contributed by atoms with E-state index in [-0.39, 0.29) is 12.4 Å². The van der Waals surface area contributed by atoms with Crippen molar-refractivity contribution in [3.05, 3.63) is 35.4 Å². The summed E-state index contributed by atoms with van der Waals surface area (Å²) in [5, 5.41) is 8.54. The minimum atomic E-state index is -0.490. The second kappa shape index (κ2) is 5.58. The SMILES string of the molecule is CCc1ccc(C(N)C#N)cc1.Cl. The number of halogens is 1. The van der Waals surface area contributed by atoms with Crippen molar-refractivity contribution in [1.29, 1.82) is 5.26 Å². The molecule has 0 saturated heterocycles. The number of nitriles is 1. The third-order valence-corrected chi connectivity index (χ3v) is 1.89. The molecule has 0 aliphatic rings. The Hall–Kier alpha value is -1.04. The molecule has 0 bridgehead atoms. The maximum Gasteiger partial charge on any atom is 0.118 e. The molecule has 70 valence electrons. The van der Waals surface area contributed by atoms with Gasteiger partial charge in [-0.2, -0.15) is 5.26 Å². The van der Waals surface area contributed by atoms with Gasteiger partial charge in [0.05, 0.1) is 6.07 Å². The van der Waals surface area contributed by atoms with Crippen LogP contribution in [0.1, 0.15) is 24.1 Å². The second-order valence-corrected chi connectivity index (χ2v) is 2.70. The van der Waals surface area contributed by atoms with Gasteiger partial charge in [0, 0.05) is 0 Å². The summed E-state index contributed by atoms with van der Waals surface area (Å²) >= 11 is 0. The molecule has 0 aliphatic heterocycles. The first-order valence-corrected chi connectivity index (χ1v) is 4.02. The lowest BCUT2D eigenvalue weighted by Gasteiger charge is -2.03. The molecular weight excluding hydrogens is 184 g/mol. The van der Waals surface area contributed by atoms with Gasteiger partial charge in [0.15, 0.2) is 0 Å². The zero-order valence-electron chi connectivity index (χ0n) is 7.53. The van der Waals surface area contributed by atoms with E-state index in [0.29, 0.717) is 0 Å². The number of rotatable bonds is 2. The van der Waals surface area contributed by atoms with Crippen LogP contribution in [0.3, 0.4) is 0 Å². The van der Waals surface area contributed by atoms with Gasteiger partial charge in [-0.25, -0.2) is 0 Å². The van der Waals surface area contributed by atoms with E-state index in [0.717, 1.165) is 12.0 Å². The van der Waals surface area contributed by atoms with Crippen molar-refractivity contribution in [2.45, 2.75) is 19.4 Å². The highest BCUT2D eigenvalue weighted by atomic mass is 35.5. The van der Waals surface area contributed by atoms with Crippen molar-refractivity contribution in [2.75, 3.05) is 0 Å². The van der Waals surface area contributed by atoms with E-state index >= 15 is 0 Å². The first-order valence-electron chi connectivity index (χ1n) is 4.02. The molecule has 13 heavy (non-hydrogen) atoms. The van der Waals surface area contributed by atoms with Gasteiger partial charge >= 0.3 is 0 Å². The van der Waals surface area contributed by atoms with Crippen LogP contribution in [0.15, 0.2) is 24.3 Å². The second-order valence-electron chi connectivity index (χ2n) is 2.70. The van der Waals surface area contributed by atoms with Gasteiger partial charge in [0.2, 0.25) is 0 Å². The van der Waals surface area contributed by atoms with Crippen LogP contribution in [0.5, 0.6) is 0 Å². The third-order valence-electron chi connectivity index (χ3n) is 1.89. The van der Waals surface area contributed by atoms with E-state index in [1.54, 1.807) is 0 Å². The Morgan fingerprint density at radius 2 is 1.92 bits per heavy atom. The van der Waals surface area contributed by atoms with Gasteiger partial charge in [-0.1, -0.05) is 31.2 Å². The standard InChI is InChI=1S/C10H12N2.ClH/c1-2-8-3-5-9(6-4-8)10(12)7-11;/h3-6,10H,2,12H2,1H3;1H. The van der Waals surface area contributed by atoms with Gasteiger partial charge in [-0.15, -0.1) is 12.4 Å². The van der Waals surface area contributed by atoms with Crippen LogP contribution in [0.4, 0.5) is 0 Å². The third kappa shape index (κ3) is 3.06. The molecule has 1 atom stereocenters. The van der Waals surface area contributed by atoms with Crippen molar-refractivity contribution in [1.82, 2.24) is 0 Å². The lowest BCUT2D eigenvalue weighted by atomic mass is 10.1. The summed E-state index contributed by atoms with van der Waals surface area (Å²) in [5.74, 6) is 0.